The molecule has 4 heteroatoms. The summed E-state index contributed by atoms with van der Waals surface area (Å²) in [6.07, 6.45) is 11.4. The van der Waals surface area contributed by atoms with Crippen LogP contribution in [0, 0.1) is 5.92 Å². The van der Waals surface area contributed by atoms with Crippen LogP contribution in [0.15, 0.2) is 10.7 Å². The van der Waals surface area contributed by atoms with E-state index in [0.717, 1.165) is 16.9 Å². The van der Waals surface area contributed by atoms with E-state index in [1.165, 1.54) is 50.6 Å². The van der Waals surface area contributed by atoms with Gasteiger partial charge in [0.05, 0.1) is 22.4 Å². The van der Waals surface area contributed by atoms with Gasteiger partial charge >= 0.3 is 0 Å². The highest BCUT2D eigenvalue weighted by atomic mass is 79.9. The van der Waals surface area contributed by atoms with Crippen LogP contribution in [0.2, 0.25) is 0 Å². The fraction of sp³-hybridized carbons (Fsp3) is 0.824. The van der Waals surface area contributed by atoms with E-state index in [4.69, 9.17) is 0 Å². The highest BCUT2D eigenvalue weighted by Gasteiger charge is 2.25. The number of nitrogens with zero attached hydrogens (tertiary/aromatic N) is 2. The van der Waals surface area contributed by atoms with Crippen molar-refractivity contribution >= 4 is 15.9 Å². The molecule has 1 N–H and O–H groups in total. The summed E-state index contributed by atoms with van der Waals surface area (Å²) >= 11 is 3.72. The Bertz CT molecular complexity index is 422. The van der Waals surface area contributed by atoms with Crippen molar-refractivity contribution in [3.63, 3.8) is 0 Å². The quantitative estimate of drug-likeness (QED) is 0.724. The van der Waals surface area contributed by atoms with Gasteiger partial charge in [-0.3, -0.25) is 4.68 Å². The molecule has 1 saturated carbocycles. The maximum atomic E-state index is 4.57. The van der Waals surface area contributed by atoms with Crippen LogP contribution in [0.1, 0.15) is 83.5 Å². The van der Waals surface area contributed by atoms with E-state index in [1.54, 1.807) is 0 Å². The first kappa shape index (κ1) is 17.0. The Morgan fingerprint density at radius 2 is 2.05 bits per heavy atom. The van der Waals surface area contributed by atoms with Crippen LogP contribution in [-0.4, -0.2) is 16.3 Å². The Morgan fingerprint density at radius 3 is 2.67 bits per heavy atom. The van der Waals surface area contributed by atoms with Gasteiger partial charge in [0.25, 0.3) is 0 Å². The van der Waals surface area contributed by atoms with Crippen LogP contribution in [-0.2, 0) is 0 Å². The number of halogens is 1. The smallest absolute Gasteiger partial charge is 0.0698 e. The van der Waals surface area contributed by atoms with Gasteiger partial charge in [0.1, 0.15) is 0 Å². The van der Waals surface area contributed by atoms with Gasteiger partial charge in [0.15, 0.2) is 0 Å². The molecule has 1 heterocycles. The molecule has 1 aliphatic rings. The molecule has 1 aromatic rings. The van der Waals surface area contributed by atoms with E-state index in [9.17, 15) is 0 Å². The third kappa shape index (κ3) is 4.56. The van der Waals surface area contributed by atoms with E-state index in [-0.39, 0.29) is 0 Å². The Kier molecular flexibility index (Phi) is 6.74. The average Bonchev–Trinajstić information content (AvgIpc) is 2.86. The summed E-state index contributed by atoms with van der Waals surface area (Å²) in [7, 11) is 0. The monoisotopic (exact) mass is 355 g/mol. The van der Waals surface area contributed by atoms with Crippen LogP contribution in [0.5, 0.6) is 0 Å². The molecule has 1 aliphatic carbocycles. The minimum Gasteiger partial charge on any atom is -0.309 e. The van der Waals surface area contributed by atoms with E-state index in [2.05, 4.69) is 51.8 Å². The first-order chi connectivity index (χ1) is 10.1. The number of aromatic nitrogens is 2. The lowest BCUT2D eigenvalue weighted by molar-refractivity contribution is 0.290. The van der Waals surface area contributed by atoms with Crippen molar-refractivity contribution in [3.8, 4) is 0 Å². The second kappa shape index (κ2) is 8.33. The van der Waals surface area contributed by atoms with Crippen LogP contribution in [0.3, 0.4) is 0 Å². The summed E-state index contributed by atoms with van der Waals surface area (Å²) in [6, 6.07) is 0.830. The maximum absolute atomic E-state index is 4.57. The van der Waals surface area contributed by atoms with Gasteiger partial charge in [-0.2, -0.15) is 5.10 Å². The molecule has 3 nitrogen and oxygen atoms in total. The Morgan fingerprint density at radius 1 is 1.33 bits per heavy atom. The number of hydrogen-bond donors (Lipinski definition) is 1. The first-order valence-corrected chi connectivity index (χ1v) is 9.39. The molecule has 0 aliphatic heterocycles. The molecule has 0 spiro atoms. The molecular weight excluding hydrogens is 326 g/mol. The van der Waals surface area contributed by atoms with Crippen LogP contribution in [0.25, 0.3) is 0 Å². The predicted molar refractivity (Wildman–Crippen MR) is 92.5 cm³/mol. The van der Waals surface area contributed by atoms with Gasteiger partial charge in [-0.05, 0) is 55.1 Å². The molecule has 1 aromatic heterocycles. The van der Waals surface area contributed by atoms with Gasteiger partial charge in [0.2, 0.25) is 0 Å². The summed E-state index contributed by atoms with van der Waals surface area (Å²) in [5.74, 6) is 0.871. The summed E-state index contributed by atoms with van der Waals surface area (Å²) < 4.78 is 3.33. The largest absolute Gasteiger partial charge is 0.309 e. The molecule has 0 aromatic carbocycles. The molecule has 1 fully saturated rings. The van der Waals surface area contributed by atoms with Gasteiger partial charge in [-0.15, -0.1) is 0 Å². The number of nitrogens with one attached hydrogen (secondary N) is 1. The Labute approximate surface area is 138 Å². The minimum atomic E-state index is 0.406. The van der Waals surface area contributed by atoms with Crippen molar-refractivity contribution in [3.05, 3.63) is 16.4 Å². The van der Waals surface area contributed by atoms with Gasteiger partial charge in [-0.1, -0.05) is 39.0 Å². The molecule has 0 amide bonds. The summed E-state index contributed by atoms with van der Waals surface area (Å²) in [6.45, 7) is 7.73. The predicted octanol–water partition coefficient (Wildman–Crippen LogP) is 5.24. The lowest BCUT2D eigenvalue weighted by Crippen LogP contribution is -2.28. The van der Waals surface area contributed by atoms with Crippen LogP contribution in [0.4, 0.5) is 0 Å². The van der Waals surface area contributed by atoms with E-state index in [1.807, 2.05) is 6.20 Å². The normalized spacial score (nSPS) is 18.3. The van der Waals surface area contributed by atoms with E-state index in [0.29, 0.717) is 12.1 Å². The summed E-state index contributed by atoms with van der Waals surface area (Å²) in [5, 5.41) is 8.33. The molecule has 21 heavy (non-hydrogen) atoms. The molecule has 120 valence electrons. The topological polar surface area (TPSA) is 29.9 Å². The molecule has 1 unspecified atom stereocenters. The molecule has 2 rings (SSSR count). The third-order valence-corrected chi connectivity index (χ3v) is 5.15. The number of rotatable bonds is 7. The molecule has 0 bridgehead atoms. The van der Waals surface area contributed by atoms with Gasteiger partial charge < -0.3 is 5.32 Å². The van der Waals surface area contributed by atoms with E-state index < -0.39 is 0 Å². The lowest BCUT2D eigenvalue weighted by atomic mass is 9.84. The molecule has 0 radical (unpaired) electrons. The Balaban J connectivity index is 2.16. The molecule has 1 atom stereocenters. The Hall–Kier alpha value is -0.350. The summed E-state index contributed by atoms with van der Waals surface area (Å²) in [4.78, 5) is 0. The number of hydrogen-bond acceptors (Lipinski definition) is 2. The fourth-order valence-electron chi connectivity index (χ4n) is 3.45. The second-order valence-corrected chi connectivity index (χ2v) is 7.52. The van der Waals surface area contributed by atoms with Crippen molar-refractivity contribution in [2.45, 2.75) is 77.8 Å². The molecular formula is C17H30BrN3. The van der Waals surface area contributed by atoms with Gasteiger partial charge in [0, 0.05) is 6.04 Å². The second-order valence-electron chi connectivity index (χ2n) is 6.66. The first-order valence-electron chi connectivity index (χ1n) is 8.59. The van der Waals surface area contributed by atoms with Crippen molar-refractivity contribution < 1.29 is 0 Å². The SMILES string of the molecule is CCCNC(CC1CCCCC1)c1c(Br)cnn1C(C)C. The van der Waals surface area contributed by atoms with Gasteiger partial charge in [-0.25, -0.2) is 0 Å². The van der Waals surface area contributed by atoms with Crippen molar-refractivity contribution in [2.24, 2.45) is 5.92 Å². The fourth-order valence-corrected chi connectivity index (χ4v) is 4.00. The zero-order valence-electron chi connectivity index (χ0n) is 13.7. The van der Waals surface area contributed by atoms with E-state index >= 15 is 0 Å². The molecule has 0 saturated heterocycles. The maximum Gasteiger partial charge on any atom is 0.0698 e. The standard InChI is InChI=1S/C17H30BrN3/c1-4-10-19-16(11-14-8-6-5-7-9-14)17-15(18)12-20-21(17)13(2)3/h12-14,16,19H,4-11H2,1-3H3. The van der Waals surface area contributed by atoms with Crippen molar-refractivity contribution in [1.82, 2.24) is 15.1 Å². The van der Waals surface area contributed by atoms with Crippen molar-refractivity contribution in [1.29, 1.82) is 0 Å². The zero-order chi connectivity index (χ0) is 15.2. The highest BCUT2D eigenvalue weighted by Crippen LogP contribution is 2.35. The minimum absolute atomic E-state index is 0.406. The lowest BCUT2D eigenvalue weighted by Gasteiger charge is -2.28. The highest BCUT2D eigenvalue weighted by molar-refractivity contribution is 9.10. The van der Waals surface area contributed by atoms with Crippen LogP contribution < -0.4 is 5.32 Å². The van der Waals surface area contributed by atoms with Crippen molar-refractivity contribution in [2.75, 3.05) is 6.54 Å². The third-order valence-electron chi connectivity index (χ3n) is 4.54. The average molecular weight is 356 g/mol. The zero-order valence-corrected chi connectivity index (χ0v) is 15.3. The summed E-state index contributed by atoms with van der Waals surface area (Å²) in [5.41, 5.74) is 1.34. The van der Waals surface area contributed by atoms with Crippen LogP contribution >= 0.6 is 15.9 Å².